The number of guanidine groups is 1. The smallest absolute Gasteiger partial charge is 0.251 e. The van der Waals surface area contributed by atoms with Gasteiger partial charge in [-0.3, -0.25) is 4.79 Å². The maximum absolute atomic E-state index is 10.9. The van der Waals surface area contributed by atoms with E-state index in [0.29, 0.717) is 30.5 Å². The van der Waals surface area contributed by atoms with Gasteiger partial charge in [-0.15, -0.1) is 24.0 Å². The van der Waals surface area contributed by atoms with Crippen molar-refractivity contribution in [3.05, 3.63) is 23.7 Å². The largest absolute Gasteiger partial charge is 0.467 e. The number of nitrogens with zero attached hydrogens (tertiary/aromatic N) is 2. The van der Waals surface area contributed by atoms with Crippen LogP contribution in [0.5, 0.6) is 0 Å². The van der Waals surface area contributed by atoms with Gasteiger partial charge in [0.15, 0.2) is 5.96 Å². The Hall–Kier alpha value is -1.29. The highest BCUT2D eigenvalue weighted by molar-refractivity contribution is 14.0. The van der Waals surface area contributed by atoms with Crippen LogP contribution in [-0.2, 0) is 11.3 Å². The van der Waals surface area contributed by atoms with Crippen LogP contribution in [0.15, 0.2) is 21.7 Å². The van der Waals surface area contributed by atoms with Crippen LogP contribution in [0.3, 0.4) is 0 Å². The third-order valence-corrected chi connectivity index (χ3v) is 2.67. The van der Waals surface area contributed by atoms with Gasteiger partial charge < -0.3 is 25.5 Å². The van der Waals surface area contributed by atoms with E-state index in [2.05, 4.69) is 4.99 Å². The Morgan fingerprint density at radius 3 is 2.63 bits per heavy atom. The number of carbonyl (C=O) groups is 1. The van der Waals surface area contributed by atoms with E-state index >= 15 is 0 Å². The Balaban J connectivity index is 0.00000180. The lowest BCUT2D eigenvalue weighted by molar-refractivity contribution is 0.0674. The van der Waals surface area contributed by atoms with Gasteiger partial charge in [0.05, 0.1) is 18.8 Å². The lowest BCUT2D eigenvalue weighted by Crippen LogP contribution is -2.44. The molecule has 0 spiro atoms. The highest BCUT2D eigenvalue weighted by Crippen LogP contribution is 2.08. The summed E-state index contributed by atoms with van der Waals surface area (Å²) >= 11 is 0. The molecule has 1 aromatic heterocycles. The minimum Gasteiger partial charge on any atom is -0.467 e. The highest BCUT2D eigenvalue weighted by Gasteiger charge is 2.12. The minimum atomic E-state index is -0.518. The number of morpholine rings is 1. The average Bonchev–Trinajstić information content (AvgIpc) is 2.86. The van der Waals surface area contributed by atoms with Crippen molar-refractivity contribution < 1.29 is 13.9 Å². The molecule has 7 nitrogen and oxygen atoms in total. The molecule has 1 aromatic rings. The number of rotatable bonds is 3. The number of primary amides is 1. The first-order valence-corrected chi connectivity index (χ1v) is 5.66. The van der Waals surface area contributed by atoms with Crippen LogP contribution in [0, 0.1) is 0 Å². The van der Waals surface area contributed by atoms with Crippen molar-refractivity contribution in [3.8, 4) is 0 Å². The molecule has 1 aliphatic rings. The molecule has 1 aliphatic heterocycles. The molecule has 1 amide bonds. The summed E-state index contributed by atoms with van der Waals surface area (Å²) in [5.41, 5.74) is 11.3. The van der Waals surface area contributed by atoms with E-state index in [9.17, 15) is 4.79 Å². The van der Waals surface area contributed by atoms with Gasteiger partial charge in [-0.2, -0.15) is 0 Å². The van der Waals surface area contributed by atoms with Gasteiger partial charge in [0.1, 0.15) is 18.6 Å². The van der Waals surface area contributed by atoms with Crippen LogP contribution in [0.1, 0.15) is 16.1 Å². The first kappa shape index (κ1) is 15.8. The van der Waals surface area contributed by atoms with Crippen LogP contribution >= 0.6 is 24.0 Å². The van der Waals surface area contributed by atoms with Gasteiger partial charge in [0, 0.05) is 13.1 Å². The fourth-order valence-electron chi connectivity index (χ4n) is 1.64. The third kappa shape index (κ3) is 4.39. The predicted molar refractivity (Wildman–Crippen MR) is 80.4 cm³/mol. The number of ether oxygens (including phenoxy) is 1. The fraction of sp³-hybridized carbons (Fsp3) is 0.455. The second-order valence-electron chi connectivity index (χ2n) is 3.94. The SMILES string of the molecule is I.NC(=O)c1coc(CN=C(N)N2CCOCC2)c1. The lowest BCUT2D eigenvalue weighted by Gasteiger charge is -2.27. The van der Waals surface area contributed by atoms with Gasteiger partial charge in [0.2, 0.25) is 0 Å². The molecule has 2 rings (SSSR count). The van der Waals surface area contributed by atoms with Crippen LogP contribution in [-0.4, -0.2) is 43.1 Å². The highest BCUT2D eigenvalue weighted by atomic mass is 127. The number of hydrogen-bond acceptors (Lipinski definition) is 4. The summed E-state index contributed by atoms with van der Waals surface area (Å²) in [5, 5.41) is 0. The van der Waals surface area contributed by atoms with E-state index in [1.165, 1.54) is 6.26 Å². The number of carbonyl (C=O) groups excluding carboxylic acids is 1. The second-order valence-corrected chi connectivity index (χ2v) is 3.94. The number of hydrogen-bond donors (Lipinski definition) is 2. The van der Waals surface area contributed by atoms with Crippen molar-refractivity contribution in [1.82, 2.24) is 4.90 Å². The van der Waals surface area contributed by atoms with Crippen molar-refractivity contribution in [2.24, 2.45) is 16.5 Å². The van der Waals surface area contributed by atoms with Crippen LogP contribution in [0.2, 0.25) is 0 Å². The van der Waals surface area contributed by atoms with E-state index in [0.717, 1.165) is 13.1 Å². The Morgan fingerprint density at radius 1 is 1.37 bits per heavy atom. The maximum Gasteiger partial charge on any atom is 0.251 e. The summed E-state index contributed by atoms with van der Waals surface area (Å²) in [6.07, 6.45) is 1.32. The summed E-state index contributed by atoms with van der Waals surface area (Å²) in [4.78, 5) is 17.0. The first-order valence-electron chi connectivity index (χ1n) is 5.66. The summed E-state index contributed by atoms with van der Waals surface area (Å²) in [6, 6.07) is 1.57. The molecule has 4 N–H and O–H groups in total. The zero-order chi connectivity index (χ0) is 13.0. The van der Waals surface area contributed by atoms with Crippen LogP contribution in [0.25, 0.3) is 0 Å². The summed E-state index contributed by atoms with van der Waals surface area (Å²) in [7, 11) is 0. The zero-order valence-electron chi connectivity index (χ0n) is 10.4. The minimum absolute atomic E-state index is 0. The quantitative estimate of drug-likeness (QED) is 0.441. The first-order chi connectivity index (χ1) is 8.66. The lowest BCUT2D eigenvalue weighted by atomic mass is 10.3. The number of nitrogens with two attached hydrogens (primary N) is 2. The van der Waals surface area contributed by atoms with E-state index in [1.54, 1.807) is 6.07 Å². The van der Waals surface area contributed by atoms with Gasteiger partial charge in [-0.05, 0) is 6.07 Å². The van der Waals surface area contributed by atoms with E-state index in [1.807, 2.05) is 4.90 Å². The van der Waals surface area contributed by atoms with Gasteiger partial charge in [0.25, 0.3) is 5.91 Å². The van der Waals surface area contributed by atoms with Crippen molar-refractivity contribution in [2.45, 2.75) is 6.54 Å². The summed E-state index contributed by atoms with van der Waals surface area (Å²) in [5.74, 6) is 0.491. The maximum atomic E-state index is 10.9. The van der Waals surface area contributed by atoms with Crippen molar-refractivity contribution in [2.75, 3.05) is 26.3 Å². The third-order valence-electron chi connectivity index (χ3n) is 2.67. The Kier molecular flexibility index (Phi) is 6.09. The van der Waals surface area contributed by atoms with Gasteiger partial charge in [-0.1, -0.05) is 0 Å². The van der Waals surface area contributed by atoms with Crippen molar-refractivity contribution in [1.29, 1.82) is 0 Å². The molecule has 2 heterocycles. The molecule has 1 fully saturated rings. The fourth-order valence-corrected chi connectivity index (χ4v) is 1.64. The molecule has 0 atom stereocenters. The normalized spacial score (nSPS) is 16.0. The van der Waals surface area contributed by atoms with Crippen molar-refractivity contribution in [3.63, 3.8) is 0 Å². The zero-order valence-corrected chi connectivity index (χ0v) is 12.7. The number of halogens is 1. The van der Waals surface area contributed by atoms with E-state index in [4.69, 9.17) is 20.6 Å². The van der Waals surface area contributed by atoms with E-state index < -0.39 is 5.91 Å². The topological polar surface area (TPSA) is 107 Å². The van der Waals surface area contributed by atoms with Gasteiger partial charge >= 0.3 is 0 Å². The summed E-state index contributed by atoms with van der Waals surface area (Å²) in [6.45, 7) is 3.07. The van der Waals surface area contributed by atoms with Crippen LogP contribution < -0.4 is 11.5 Å². The molecule has 106 valence electrons. The van der Waals surface area contributed by atoms with Crippen LogP contribution in [0.4, 0.5) is 0 Å². The Morgan fingerprint density at radius 2 is 2.05 bits per heavy atom. The Bertz CT molecular complexity index is 455. The molecular formula is C11H17IN4O3. The summed E-state index contributed by atoms with van der Waals surface area (Å²) < 4.78 is 10.4. The molecule has 1 saturated heterocycles. The molecule has 8 heteroatoms. The molecule has 0 aromatic carbocycles. The average molecular weight is 380 g/mol. The number of aliphatic imine (C=N–C) groups is 1. The molecule has 0 saturated carbocycles. The monoisotopic (exact) mass is 380 g/mol. The molecular weight excluding hydrogens is 363 g/mol. The molecule has 0 aliphatic carbocycles. The standard InChI is InChI=1S/C11H16N4O3.HI/c12-10(16)8-5-9(18-7-8)6-14-11(13)15-1-3-17-4-2-15;/h5,7H,1-4,6H2,(H2,12,16)(H2,13,14);1H. The molecule has 19 heavy (non-hydrogen) atoms. The van der Waals surface area contributed by atoms with Crippen molar-refractivity contribution >= 4 is 35.8 Å². The molecule has 0 unspecified atom stereocenters. The molecule has 0 radical (unpaired) electrons. The number of furan rings is 1. The van der Waals surface area contributed by atoms with E-state index in [-0.39, 0.29) is 30.5 Å². The predicted octanol–water partition coefficient (Wildman–Crippen LogP) is 0.143. The number of amides is 1. The Labute approximate surface area is 128 Å². The second kappa shape index (κ2) is 7.34. The molecule has 0 bridgehead atoms. The van der Waals surface area contributed by atoms with Gasteiger partial charge in [-0.25, -0.2) is 4.99 Å².